The summed E-state index contributed by atoms with van der Waals surface area (Å²) in [6.45, 7) is 13.8. The first kappa shape index (κ1) is 33.3. The molecule has 3 heterocycles. The monoisotopic (exact) mass is 631 g/mol. The molecule has 1 aliphatic rings. The summed E-state index contributed by atoms with van der Waals surface area (Å²) in [4.78, 5) is 22.9. The fourth-order valence-electron chi connectivity index (χ4n) is 5.11. The first-order valence-corrected chi connectivity index (χ1v) is 16.6. The molecule has 1 saturated heterocycles. The Balaban J connectivity index is 1.10. The van der Waals surface area contributed by atoms with E-state index in [1.165, 1.54) is 0 Å². The van der Waals surface area contributed by atoms with Crippen molar-refractivity contribution in [3.05, 3.63) is 48.5 Å². The van der Waals surface area contributed by atoms with Gasteiger partial charge < -0.3 is 45.5 Å². The third-order valence-corrected chi connectivity index (χ3v) is 7.76. The van der Waals surface area contributed by atoms with Gasteiger partial charge in [0.25, 0.3) is 0 Å². The number of ether oxygens (including phenoxy) is 1. The predicted octanol–water partition coefficient (Wildman–Crippen LogP) is 2.90. The standard InChI is InChI=1S/C33H49N11O2/c1-3-13-37-31-40-32(38-14-6-21-44-22-19-35-17-15-34-16-18-36-20-23-44)42-33(41-31)45-25-24-43(2)27-11-9-26(10-12-27)30-39-28-7-4-5-8-29(28)46-30/h4-5,7-12,34-36H,3,6,13-25H2,1-2H3,(H2,37,38,40,41,42). The summed E-state index contributed by atoms with van der Waals surface area (Å²) in [5.74, 6) is 1.66. The van der Waals surface area contributed by atoms with Crippen LogP contribution in [0.5, 0.6) is 6.01 Å². The molecule has 5 N–H and O–H groups in total. The van der Waals surface area contributed by atoms with Crippen LogP contribution in [0.4, 0.5) is 17.6 Å². The predicted molar refractivity (Wildman–Crippen MR) is 185 cm³/mol. The number of hydrogen-bond acceptors (Lipinski definition) is 13. The summed E-state index contributed by atoms with van der Waals surface area (Å²) >= 11 is 0. The molecular weight excluding hydrogens is 582 g/mol. The van der Waals surface area contributed by atoms with Crippen molar-refractivity contribution >= 4 is 28.7 Å². The Labute approximate surface area is 271 Å². The van der Waals surface area contributed by atoms with Gasteiger partial charge in [0.05, 0.1) is 6.54 Å². The molecule has 248 valence electrons. The summed E-state index contributed by atoms with van der Waals surface area (Å²) in [5.41, 5.74) is 3.64. The highest BCUT2D eigenvalue weighted by Crippen LogP contribution is 2.26. The van der Waals surface area contributed by atoms with Crippen molar-refractivity contribution in [1.82, 2.24) is 40.8 Å². The van der Waals surface area contributed by atoms with Crippen molar-refractivity contribution in [2.75, 3.05) is 108 Å². The number of para-hydroxylation sites is 2. The maximum atomic E-state index is 6.02. The topological polar surface area (TPSA) is 141 Å². The maximum Gasteiger partial charge on any atom is 0.323 e. The molecule has 0 spiro atoms. The van der Waals surface area contributed by atoms with Crippen molar-refractivity contribution in [3.63, 3.8) is 0 Å². The lowest BCUT2D eigenvalue weighted by atomic mass is 10.2. The number of nitrogens with zero attached hydrogens (tertiary/aromatic N) is 6. The lowest BCUT2D eigenvalue weighted by Crippen LogP contribution is -2.42. The average Bonchev–Trinajstić information content (AvgIpc) is 3.51. The van der Waals surface area contributed by atoms with Gasteiger partial charge in [-0.1, -0.05) is 19.1 Å². The average molecular weight is 632 g/mol. The smallest absolute Gasteiger partial charge is 0.323 e. The van der Waals surface area contributed by atoms with Gasteiger partial charge >= 0.3 is 6.01 Å². The zero-order valence-electron chi connectivity index (χ0n) is 27.2. The summed E-state index contributed by atoms with van der Waals surface area (Å²) in [7, 11) is 2.04. The number of oxazole rings is 1. The fraction of sp³-hybridized carbons (Fsp3) is 0.515. The number of aromatic nitrogens is 4. The van der Waals surface area contributed by atoms with Crippen LogP contribution in [0.1, 0.15) is 19.8 Å². The van der Waals surface area contributed by atoms with Crippen LogP contribution in [-0.4, -0.2) is 117 Å². The molecule has 0 atom stereocenters. The highest BCUT2D eigenvalue weighted by atomic mass is 16.5. The summed E-state index contributed by atoms with van der Waals surface area (Å²) in [5, 5.41) is 17.2. The van der Waals surface area contributed by atoms with Crippen molar-refractivity contribution in [2.45, 2.75) is 19.8 Å². The first-order chi connectivity index (χ1) is 22.7. The largest absolute Gasteiger partial charge is 0.461 e. The van der Waals surface area contributed by atoms with Gasteiger partial charge in [-0.15, -0.1) is 0 Å². The summed E-state index contributed by atoms with van der Waals surface area (Å²) in [6.07, 6.45) is 1.95. The van der Waals surface area contributed by atoms with Gasteiger partial charge in [0.15, 0.2) is 5.58 Å². The van der Waals surface area contributed by atoms with Gasteiger partial charge in [-0.2, -0.15) is 15.0 Å². The Bertz CT molecular complexity index is 1400. The third-order valence-electron chi connectivity index (χ3n) is 7.76. The number of likely N-dealkylation sites (N-methyl/N-ethyl adjacent to an activating group) is 1. The zero-order valence-corrected chi connectivity index (χ0v) is 27.2. The second-order valence-electron chi connectivity index (χ2n) is 11.4. The van der Waals surface area contributed by atoms with E-state index in [0.29, 0.717) is 36.9 Å². The van der Waals surface area contributed by atoms with Gasteiger partial charge in [0.1, 0.15) is 12.1 Å². The van der Waals surface area contributed by atoms with Crippen molar-refractivity contribution in [2.24, 2.45) is 0 Å². The van der Waals surface area contributed by atoms with E-state index < -0.39 is 0 Å². The molecular formula is C33H49N11O2. The minimum absolute atomic E-state index is 0.311. The minimum atomic E-state index is 0.311. The quantitative estimate of drug-likeness (QED) is 0.130. The molecule has 5 rings (SSSR count). The van der Waals surface area contributed by atoms with E-state index >= 15 is 0 Å². The summed E-state index contributed by atoms with van der Waals surface area (Å²) in [6, 6.07) is 16.3. The lowest BCUT2D eigenvalue weighted by Gasteiger charge is -2.23. The number of anilines is 3. The van der Waals surface area contributed by atoms with Crippen LogP contribution in [0.15, 0.2) is 52.9 Å². The van der Waals surface area contributed by atoms with E-state index in [4.69, 9.17) is 9.15 Å². The van der Waals surface area contributed by atoms with Crippen LogP contribution in [-0.2, 0) is 0 Å². The van der Waals surface area contributed by atoms with Crippen LogP contribution < -0.4 is 36.2 Å². The Kier molecular flexibility index (Phi) is 13.2. The number of hydrogen-bond donors (Lipinski definition) is 5. The van der Waals surface area contributed by atoms with E-state index in [1.54, 1.807) is 0 Å². The molecule has 1 fully saturated rings. The Morgan fingerprint density at radius 2 is 1.50 bits per heavy atom. The Hall–Kier alpha value is -4.04. The number of fused-ring (bicyclic) bond motifs is 1. The number of nitrogens with one attached hydrogen (secondary N) is 5. The van der Waals surface area contributed by atoms with E-state index in [1.807, 2.05) is 43.4 Å². The lowest BCUT2D eigenvalue weighted by molar-refractivity contribution is 0.270. The SMILES string of the molecule is CCCNc1nc(NCCCN2CCNCCNCCNCC2)nc(OCCN(C)c2ccc(-c3nc4ccccc4o3)cc2)n1. The van der Waals surface area contributed by atoms with Gasteiger partial charge in [-0.05, 0) is 55.8 Å². The normalized spacial score (nSPS) is 15.2. The highest BCUT2D eigenvalue weighted by Gasteiger charge is 2.11. The van der Waals surface area contributed by atoms with Crippen LogP contribution >= 0.6 is 0 Å². The molecule has 0 radical (unpaired) electrons. The second-order valence-corrected chi connectivity index (χ2v) is 11.4. The van der Waals surface area contributed by atoms with E-state index in [2.05, 4.69) is 75.4 Å². The second kappa shape index (κ2) is 18.2. The molecule has 46 heavy (non-hydrogen) atoms. The molecule has 0 bridgehead atoms. The van der Waals surface area contributed by atoms with Gasteiger partial charge in [-0.3, -0.25) is 0 Å². The highest BCUT2D eigenvalue weighted by molar-refractivity contribution is 5.76. The van der Waals surface area contributed by atoms with E-state index in [0.717, 1.165) is 107 Å². The molecule has 1 aliphatic heterocycles. The first-order valence-electron chi connectivity index (χ1n) is 16.6. The van der Waals surface area contributed by atoms with Crippen molar-refractivity contribution < 1.29 is 9.15 Å². The summed E-state index contributed by atoms with van der Waals surface area (Å²) < 4.78 is 11.9. The molecule has 2 aromatic heterocycles. The maximum absolute atomic E-state index is 6.02. The van der Waals surface area contributed by atoms with E-state index in [-0.39, 0.29) is 0 Å². The fourth-order valence-corrected chi connectivity index (χ4v) is 5.11. The third kappa shape index (κ3) is 10.5. The molecule has 0 unspecified atom stereocenters. The number of benzene rings is 2. The van der Waals surface area contributed by atoms with Gasteiger partial charge in [0.2, 0.25) is 17.8 Å². The van der Waals surface area contributed by atoms with Crippen molar-refractivity contribution in [3.8, 4) is 17.5 Å². The molecule has 2 aromatic carbocycles. The molecule has 13 heteroatoms. The van der Waals surface area contributed by atoms with Crippen molar-refractivity contribution in [1.29, 1.82) is 0 Å². The molecule has 4 aromatic rings. The Morgan fingerprint density at radius 3 is 2.20 bits per heavy atom. The van der Waals surface area contributed by atoms with Crippen LogP contribution in [0.3, 0.4) is 0 Å². The van der Waals surface area contributed by atoms with Crippen LogP contribution in [0.25, 0.3) is 22.6 Å². The van der Waals surface area contributed by atoms with Gasteiger partial charge in [-0.25, -0.2) is 4.98 Å². The Morgan fingerprint density at radius 1 is 0.826 bits per heavy atom. The molecule has 0 saturated carbocycles. The molecule has 0 aliphatic carbocycles. The zero-order chi connectivity index (χ0) is 31.8. The van der Waals surface area contributed by atoms with Gasteiger partial charge in [0, 0.05) is 83.7 Å². The van der Waals surface area contributed by atoms with E-state index in [9.17, 15) is 0 Å². The van der Waals surface area contributed by atoms with Crippen LogP contribution in [0.2, 0.25) is 0 Å². The van der Waals surface area contributed by atoms with Crippen LogP contribution in [0, 0.1) is 0 Å². The number of rotatable bonds is 14. The molecule has 0 amide bonds. The molecule has 13 nitrogen and oxygen atoms in total. The minimum Gasteiger partial charge on any atom is -0.461 e.